The lowest BCUT2D eigenvalue weighted by Crippen LogP contribution is -2.45. The largest absolute Gasteiger partial charge is 0.369 e. The fraction of sp³-hybridized carbons (Fsp3) is 0.684. The lowest BCUT2D eigenvalue weighted by Gasteiger charge is -2.34. The first kappa shape index (κ1) is 19.6. The number of rotatable bonds is 11. The molecule has 1 heterocycles. The van der Waals surface area contributed by atoms with Crippen molar-refractivity contribution in [1.82, 2.24) is 9.88 Å². The fourth-order valence-corrected chi connectivity index (χ4v) is 3.34. The second-order valence-corrected chi connectivity index (χ2v) is 6.85. The highest BCUT2D eigenvalue weighted by atomic mass is 16.1. The summed E-state index contributed by atoms with van der Waals surface area (Å²) in [5.41, 5.74) is 6.03. The van der Waals surface area contributed by atoms with Crippen molar-refractivity contribution in [1.29, 1.82) is 0 Å². The van der Waals surface area contributed by atoms with Gasteiger partial charge in [0.15, 0.2) is 0 Å². The topological polar surface area (TPSA) is 59.2 Å². The van der Waals surface area contributed by atoms with Crippen molar-refractivity contribution in [2.45, 2.75) is 58.8 Å². The van der Waals surface area contributed by atoms with Crippen LogP contribution < -0.4 is 5.73 Å². The van der Waals surface area contributed by atoms with Gasteiger partial charge < -0.3 is 10.6 Å². The molecule has 0 bridgehead atoms. The third kappa shape index (κ3) is 5.61. The Hall–Kier alpha value is -1.42. The first-order valence-electron chi connectivity index (χ1n) is 8.90. The molecule has 0 aliphatic carbocycles. The number of nitrogens with two attached hydrogens (primary N) is 1. The Morgan fingerprint density at radius 1 is 1.22 bits per heavy atom. The van der Waals surface area contributed by atoms with Gasteiger partial charge >= 0.3 is 0 Å². The first-order valence-corrected chi connectivity index (χ1v) is 8.90. The number of carbonyl (C=O) groups excluding carboxylic acids is 1. The lowest BCUT2D eigenvalue weighted by molar-refractivity contribution is -0.124. The Labute approximate surface area is 141 Å². The molecule has 1 atom stereocenters. The number of hydrogen-bond donors (Lipinski definition) is 1. The normalized spacial score (nSPS) is 14.2. The molecule has 130 valence electrons. The van der Waals surface area contributed by atoms with Crippen LogP contribution in [0, 0.1) is 5.92 Å². The van der Waals surface area contributed by atoms with Crippen molar-refractivity contribution in [2.75, 3.05) is 19.6 Å². The predicted octanol–water partition coefficient (Wildman–Crippen LogP) is 3.36. The van der Waals surface area contributed by atoms with Gasteiger partial charge in [0.2, 0.25) is 5.91 Å². The van der Waals surface area contributed by atoms with E-state index in [-0.39, 0.29) is 5.91 Å². The van der Waals surface area contributed by atoms with Gasteiger partial charge in [0.1, 0.15) is 0 Å². The maximum atomic E-state index is 12.4. The molecule has 0 fully saturated rings. The monoisotopic (exact) mass is 319 g/mol. The third-order valence-corrected chi connectivity index (χ3v) is 4.32. The van der Waals surface area contributed by atoms with Crippen LogP contribution in [-0.4, -0.2) is 35.4 Å². The quantitative estimate of drug-likeness (QED) is 0.680. The Bertz CT molecular complexity index is 455. The molecule has 0 spiro atoms. The number of primary amides is 1. The van der Waals surface area contributed by atoms with Gasteiger partial charge in [-0.3, -0.25) is 9.78 Å². The van der Waals surface area contributed by atoms with Crippen LogP contribution in [0.3, 0.4) is 0 Å². The third-order valence-electron chi connectivity index (χ3n) is 4.32. The minimum Gasteiger partial charge on any atom is -0.369 e. The van der Waals surface area contributed by atoms with Crippen LogP contribution >= 0.6 is 0 Å². The highest BCUT2D eigenvalue weighted by Crippen LogP contribution is 2.34. The van der Waals surface area contributed by atoms with Crippen LogP contribution in [0.15, 0.2) is 24.4 Å². The molecule has 1 rings (SSSR count). The smallest absolute Gasteiger partial charge is 0.229 e. The Kier molecular flexibility index (Phi) is 8.24. The molecule has 0 saturated carbocycles. The average molecular weight is 319 g/mol. The van der Waals surface area contributed by atoms with E-state index in [9.17, 15) is 4.79 Å². The molecule has 0 aliphatic rings. The summed E-state index contributed by atoms with van der Waals surface area (Å²) in [6.45, 7) is 11.7. The fourth-order valence-electron chi connectivity index (χ4n) is 3.34. The van der Waals surface area contributed by atoms with E-state index in [4.69, 9.17) is 5.73 Å². The van der Waals surface area contributed by atoms with Gasteiger partial charge in [0.25, 0.3) is 0 Å². The molecule has 0 unspecified atom stereocenters. The van der Waals surface area contributed by atoms with E-state index in [0.29, 0.717) is 5.92 Å². The summed E-state index contributed by atoms with van der Waals surface area (Å²) in [5.74, 6) is 0.133. The van der Waals surface area contributed by atoms with Crippen LogP contribution in [0.25, 0.3) is 0 Å². The average Bonchev–Trinajstić information content (AvgIpc) is 2.52. The van der Waals surface area contributed by atoms with Crippen molar-refractivity contribution in [3.63, 3.8) is 0 Å². The standard InChI is InChI=1S/C19H33N3O/c1-5-12-22(13-6-2)14-10-19(18(20)23,15-16(3)4)17-9-7-8-11-21-17/h7-9,11,16H,5-6,10,12-15H2,1-4H3,(H2,20,23)/t19-/m0/s1. The number of aromatic nitrogens is 1. The maximum Gasteiger partial charge on any atom is 0.229 e. The van der Waals surface area contributed by atoms with Gasteiger partial charge in [-0.05, 0) is 63.4 Å². The van der Waals surface area contributed by atoms with Crippen LogP contribution in [0.1, 0.15) is 59.1 Å². The zero-order valence-corrected chi connectivity index (χ0v) is 15.2. The van der Waals surface area contributed by atoms with E-state index in [1.807, 2.05) is 18.2 Å². The first-order chi connectivity index (χ1) is 11.0. The maximum absolute atomic E-state index is 12.4. The molecule has 0 aliphatic heterocycles. The minimum atomic E-state index is -0.671. The molecular formula is C19H33N3O. The number of carbonyl (C=O) groups is 1. The number of nitrogens with zero attached hydrogens (tertiary/aromatic N) is 2. The van der Waals surface area contributed by atoms with E-state index >= 15 is 0 Å². The Balaban J connectivity index is 3.05. The number of pyridine rings is 1. The molecular weight excluding hydrogens is 286 g/mol. The van der Waals surface area contributed by atoms with Crippen molar-refractivity contribution in [2.24, 2.45) is 11.7 Å². The Morgan fingerprint density at radius 2 is 1.87 bits per heavy atom. The van der Waals surface area contributed by atoms with E-state index in [0.717, 1.165) is 51.0 Å². The molecule has 1 aromatic rings. The van der Waals surface area contributed by atoms with Gasteiger partial charge in [0.05, 0.1) is 11.1 Å². The molecule has 2 N–H and O–H groups in total. The molecule has 23 heavy (non-hydrogen) atoms. The SMILES string of the molecule is CCCN(CCC)CC[C@@](CC(C)C)(C(N)=O)c1ccccn1. The minimum absolute atomic E-state index is 0.252. The molecule has 1 aromatic heterocycles. The molecule has 1 amide bonds. The highest BCUT2D eigenvalue weighted by molar-refractivity contribution is 5.86. The predicted molar refractivity (Wildman–Crippen MR) is 96.2 cm³/mol. The van der Waals surface area contributed by atoms with Gasteiger partial charge in [-0.1, -0.05) is 33.8 Å². The summed E-state index contributed by atoms with van der Waals surface area (Å²) < 4.78 is 0. The molecule has 4 heteroatoms. The van der Waals surface area contributed by atoms with Gasteiger partial charge in [-0.2, -0.15) is 0 Å². The van der Waals surface area contributed by atoms with E-state index in [1.54, 1.807) is 6.20 Å². The summed E-state index contributed by atoms with van der Waals surface area (Å²) >= 11 is 0. The molecule has 0 radical (unpaired) electrons. The highest BCUT2D eigenvalue weighted by Gasteiger charge is 2.40. The van der Waals surface area contributed by atoms with Gasteiger partial charge in [-0.15, -0.1) is 0 Å². The van der Waals surface area contributed by atoms with Crippen molar-refractivity contribution >= 4 is 5.91 Å². The second kappa shape index (κ2) is 9.66. The number of hydrogen-bond acceptors (Lipinski definition) is 3. The molecule has 0 saturated heterocycles. The van der Waals surface area contributed by atoms with Crippen LogP contribution in [0.2, 0.25) is 0 Å². The molecule has 0 aromatic carbocycles. The van der Waals surface area contributed by atoms with Crippen LogP contribution in [0.4, 0.5) is 0 Å². The van der Waals surface area contributed by atoms with Crippen LogP contribution in [0.5, 0.6) is 0 Å². The van der Waals surface area contributed by atoms with E-state index in [2.05, 4.69) is 37.6 Å². The summed E-state index contributed by atoms with van der Waals surface area (Å²) in [5, 5.41) is 0. The van der Waals surface area contributed by atoms with E-state index < -0.39 is 5.41 Å². The van der Waals surface area contributed by atoms with Crippen molar-refractivity contribution < 1.29 is 4.79 Å². The lowest BCUT2D eigenvalue weighted by atomic mass is 9.73. The molecule has 4 nitrogen and oxygen atoms in total. The van der Waals surface area contributed by atoms with E-state index in [1.165, 1.54) is 0 Å². The summed E-state index contributed by atoms with van der Waals surface area (Å²) in [6, 6.07) is 5.76. The summed E-state index contributed by atoms with van der Waals surface area (Å²) in [7, 11) is 0. The van der Waals surface area contributed by atoms with Crippen molar-refractivity contribution in [3.8, 4) is 0 Å². The van der Waals surface area contributed by atoms with Gasteiger partial charge in [-0.25, -0.2) is 0 Å². The zero-order chi connectivity index (χ0) is 17.3. The van der Waals surface area contributed by atoms with Crippen LogP contribution in [-0.2, 0) is 10.2 Å². The zero-order valence-electron chi connectivity index (χ0n) is 15.2. The Morgan fingerprint density at radius 3 is 2.30 bits per heavy atom. The summed E-state index contributed by atoms with van der Waals surface area (Å²) in [6.07, 6.45) is 5.47. The second-order valence-electron chi connectivity index (χ2n) is 6.85. The van der Waals surface area contributed by atoms with Gasteiger partial charge in [0, 0.05) is 6.20 Å². The van der Waals surface area contributed by atoms with Crippen molar-refractivity contribution in [3.05, 3.63) is 30.1 Å². The number of amides is 1. The summed E-state index contributed by atoms with van der Waals surface area (Å²) in [4.78, 5) is 19.4.